The van der Waals surface area contributed by atoms with Crippen molar-refractivity contribution >= 4 is 11.9 Å². The third kappa shape index (κ3) is 1.19. The molecule has 0 radical (unpaired) electrons. The fourth-order valence-corrected chi connectivity index (χ4v) is 1.09. The minimum absolute atomic E-state index is 0.537. The number of aliphatic carboxylic acids is 1. The van der Waals surface area contributed by atoms with Gasteiger partial charge in [0, 0.05) is 6.04 Å². The molecule has 5 heteroatoms. The maximum atomic E-state index is 10.7. The summed E-state index contributed by atoms with van der Waals surface area (Å²) < 4.78 is 4.34. The SMILES string of the molecule is COC(=O)[C@@H]1[C@@H](N)[C@H]1C(=O)O. The number of ether oxygens (including phenoxy) is 1. The Hall–Kier alpha value is -1.10. The standard InChI is InChI=1S/C6H9NO4/c1-11-6(10)3-2(4(3)7)5(8)9/h2-4H,7H2,1H3,(H,8,9)/t2-,3-,4-/m0/s1. The lowest BCUT2D eigenvalue weighted by molar-refractivity contribution is -0.146. The van der Waals surface area contributed by atoms with E-state index in [4.69, 9.17) is 10.8 Å². The fourth-order valence-electron chi connectivity index (χ4n) is 1.09. The molecule has 3 N–H and O–H groups in total. The molecule has 0 aromatic heterocycles. The Morgan fingerprint density at radius 2 is 2.00 bits per heavy atom. The lowest BCUT2D eigenvalue weighted by Crippen LogP contribution is -2.11. The summed E-state index contributed by atoms with van der Waals surface area (Å²) in [4.78, 5) is 21.0. The fraction of sp³-hybridized carbons (Fsp3) is 0.667. The Kier molecular flexibility index (Phi) is 1.82. The predicted molar refractivity (Wildman–Crippen MR) is 34.6 cm³/mol. The number of rotatable bonds is 2. The molecule has 0 saturated heterocycles. The van der Waals surface area contributed by atoms with E-state index in [2.05, 4.69) is 4.74 Å². The van der Waals surface area contributed by atoms with Crippen LogP contribution >= 0.6 is 0 Å². The third-order valence-corrected chi connectivity index (χ3v) is 1.83. The lowest BCUT2D eigenvalue weighted by Gasteiger charge is -1.92. The molecular weight excluding hydrogens is 150 g/mol. The van der Waals surface area contributed by atoms with Gasteiger partial charge in [-0.05, 0) is 0 Å². The van der Waals surface area contributed by atoms with Crippen LogP contribution in [0.3, 0.4) is 0 Å². The molecule has 62 valence electrons. The molecule has 0 bridgehead atoms. The van der Waals surface area contributed by atoms with Gasteiger partial charge in [-0.2, -0.15) is 0 Å². The quantitative estimate of drug-likeness (QED) is 0.495. The number of carbonyl (C=O) groups excluding carboxylic acids is 1. The molecule has 0 unspecified atom stereocenters. The van der Waals surface area contributed by atoms with Crippen LogP contribution in [0, 0.1) is 11.8 Å². The summed E-state index contributed by atoms with van der Waals surface area (Å²) >= 11 is 0. The number of methoxy groups -OCH3 is 1. The van der Waals surface area contributed by atoms with Gasteiger partial charge in [-0.15, -0.1) is 0 Å². The number of carboxylic acids is 1. The van der Waals surface area contributed by atoms with E-state index in [9.17, 15) is 9.59 Å². The molecule has 1 saturated carbocycles. The van der Waals surface area contributed by atoms with E-state index in [0.717, 1.165) is 0 Å². The van der Waals surface area contributed by atoms with E-state index in [-0.39, 0.29) is 0 Å². The van der Waals surface area contributed by atoms with E-state index in [1.54, 1.807) is 0 Å². The first-order valence-electron chi connectivity index (χ1n) is 3.15. The number of nitrogens with two attached hydrogens (primary N) is 1. The molecule has 0 aromatic rings. The molecule has 1 aliphatic rings. The van der Waals surface area contributed by atoms with Crippen molar-refractivity contribution in [2.75, 3.05) is 7.11 Å². The highest BCUT2D eigenvalue weighted by Gasteiger charge is 2.58. The maximum Gasteiger partial charge on any atom is 0.311 e. The first-order chi connectivity index (χ1) is 5.09. The molecule has 5 nitrogen and oxygen atoms in total. The smallest absolute Gasteiger partial charge is 0.311 e. The summed E-state index contributed by atoms with van der Waals surface area (Å²) in [6.07, 6.45) is 0. The molecule has 1 aliphatic carbocycles. The van der Waals surface area contributed by atoms with Gasteiger partial charge in [0.2, 0.25) is 0 Å². The van der Waals surface area contributed by atoms with Crippen molar-refractivity contribution in [2.24, 2.45) is 17.6 Å². The highest BCUT2D eigenvalue weighted by molar-refractivity contribution is 5.88. The van der Waals surface area contributed by atoms with Gasteiger partial charge >= 0.3 is 11.9 Å². The second-order valence-corrected chi connectivity index (χ2v) is 2.49. The molecule has 0 amide bonds. The van der Waals surface area contributed by atoms with Crippen molar-refractivity contribution in [1.29, 1.82) is 0 Å². The van der Waals surface area contributed by atoms with Gasteiger partial charge in [0.15, 0.2) is 0 Å². The summed E-state index contributed by atoms with van der Waals surface area (Å²) in [7, 11) is 1.21. The van der Waals surface area contributed by atoms with Crippen molar-refractivity contribution in [3.8, 4) is 0 Å². The zero-order valence-corrected chi connectivity index (χ0v) is 5.98. The van der Waals surface area contributed by atoms with Gasteiger partial charge < -0.3 is 15.6 Å². The van der Waals surface area contributed by atoms with Gasteiger partial charge in [0.1, 0.15) is 0 Å². The van der Waals surface area contributed by atoms with Crippen LogP contribution < -0.4 is 5.73 Å². The zero-order valence-electron chi connectivity index (χ0n) is 5.98. The molecule has 1 rings (SSSR count). The van der Waals surface area contributed by atoms with Crippen molar-refractivity contribution < 1.29 is 19.4 Å². The van der Waals surface area contributed by atoms with Crippen molar-refractivity contribution in [2.45, 2.75) is 6.04 Å². The second-order valence-electron chi connectivity index (χ2n) is 2.49. The van der Waals surface area contributed by atoms with E-state index in [1.807, 2.05) is 0 Å². The van der Waals surface area contributed by atoms with Crippen molar-refractivity contribution in [3.05, 3.63) is 0 Å². The number of hydrogen-bond acceptors (Lipinski definition) is 4. The summed E-state index contributed by atoms with van der Waals surface area (Å²) in [6.45, 7) is 0. The van der Waals surface area contributed by atoms with E-state index in [0.29, 0.717) is 0 Å². The van der Waals surface area contributed by atoms with E-state index < -0.39 is 29.8 Å². The number of carbonyl (C=O) groups is 2. The van der Waals surface area contributed by atoms with Crippen LogP contribution in [0.2, 0.25) is 0 Å². The molecule has 3 atom stereocenters. The van der Waals surface area contributed by atoms with Crippen LogP contribution in [-0.4, -0.2) is 30.2 Å². The topological polar surface area (TPSA) is 89.6 Å². The zero-order chi connectivity index (χ0) is 8.59. The van der Waals surface area contributed by atoms with Crippen LogP contribution in [0.15, 0.2) is 0 Å². The first-order valence-corrected chi connectivity index (χ1v) is 3.15. The van der Waals surface area contributed by atoms with Crippen molar-refractivity contribution in [3.63, 3.8) is 0 Å². The van der Waals surface area contributed by atoms with Gasteiger partial charge in [-0.3, -0.25) is 9.59 Å². The van der Waals surface area contributed by atoms with E-state index >= 15 is 0 Å². The van der Waals surface area contributed by atoms with Gasteiger partial charge in [0.05, 0.1) is 18.9 Å². The van der Waals surface area contributed by atoms with Gasteiger partial charge in [-0.25, -0.2) is 0 Å². The Bertz CT molecular complexity index is 203. The largest absolute Gasteiger partial charge is 0.481 e. The molecule has 0 aromatic carbocycles. The number of esters is 1. The summed E-state index contributed by atoms with van der Waals surface area (Å²) in [6, 6.07) is -0.569. The van der Waals surface area contributed by atoms with Crippen LogP contribution in [-0.2, 0) is 14.3 Å². The average Bonchev–Trinajstić information content (AvgIpc) is 2.60. The highest BCUT2D eigenvalue weighted by Crippen LogP contribution is 2.38. The maximum absolute atomic E-state index is 10.7. The molecule has 0 heterocycles. The molecular formula is C6H9NO4. The van der Waals surface area contributed by atoms with Crippen LogP contribution in [0.5, 0.6) is 0 Å². The van der Waals surface area contributed by atoms with Crippen LogP contribution in [0.4, 0.5) is 0 Å². The molecule has 11 heavy (non-hydrogen) atoms. The number of hydrogen-bond donors (Lipinski definition) is 2. The molecule has 0 aliphatic heterocycles. The Morgan fingerprint density at radius 1 is 1.45 bits per heavy atom. The average molecular weight is 159 g/mol. The molecule has 1 fully saturated rings. The monoisotopic (exact) mass is 159 g/mol. The Balaban J connectivity index is 2.54. The van der Waals surface area contributed by atoms with Gasteiger partial charge in [-0.1, -0.05) is 0 Å². The van der Waals surface area contributed by atoms with E-state index in [1.165, 1.54) is 7.11 Å². The Morgan fingerprint density at radius 3 is 2.27 bits per heavy atom. The summed E-state index contributed by atoms with van der Waals surface area (Å²) in [5.41, 5.74) is 5.31. The third-order valence-electron chi connectivity index (χ3n) is 1.83. The molecule has 0 spiro atoms. The highest BCUT2D eigenvalue weighted by atomic mass is 16.5. The lowest BCUT2D eigenvalue weighted by atomic mass is 10.3. The summed E-state index contributed by atoms with van der Waals surface area (Å²) in [5, 5.41) is 8.45. The Labute approximate surface area is 63.1 Å². The van der Waals surface area contributed by atoms with Crippen LogP contribution in [0.1, 0.15) is 0 Å². The minimum atomic E-state index is -1.03. The summed E-state index contributed by atoms with van der Waals surface area (Å²) in [5.74, 6) is -2.96. The van der Waals surface area contributed by atoms with Crippen molar-refractivity contribution in [1.82, 2.24) is 0 Å². The first kappa shape index (κ1) is 8.00. The predicted octanol–water partition coefficient (Wildman–Crippen LogP) is -1.18. The second kappa shape index (κ2) is 2.50. The normalized spacial score (nSPS) is 34.5. The number of carboxylic acid groups (broad SMARTS) is 1. The minimum Gasteiger partial charge on any atom is -0.481 e. The van der Waals surface area contributed by atoms with Gasteiger partial charge in [0.25, 0.3) is 0 Å². The van der Waals surface area contributed by atoms with Crippen LogP contribution in [0.25, 0.3) is 0 Å².